The first-order valence-electron chi connectivity index (χ1n) is 10.0. The standard InChI is InChI=1S/C20H30N4O3/c1-2-4-19(25)24-8-3-5-17(15-24)20(26)22-14-16-6-7-21-18(13-16)23-9-11-27-12-10-23/h6-7,13,17H,2-5,8-12,14-15H2,1H3,(H,22,26). The molecule has 0 aliphatic carbocycles. The van der Waals surface area contributed by atoms with E-state index in [2.05, 4.69) is 15.2 Å². The number of likely N-dealkylation sites (tertiary alicyclic amines) is 1. The molecule has 1 aromatic rings. The molecule has 3 rings (SSSR count). The fourth-order valence-corrected chi connectivity index (χ4v) is 3.66. The first-order chi connectivity index (χ1) is 13.2. The highest BCUT2D eigenvalue weighted by Gasteiger charge is 2.27. The van der Waals surface area contributed by atoms with Gasteiger partial charge in [0, 0.05) is 45.3 Å². The number of nitrogens with zero attached hydrogens (tertiary/aromatic N) is 3. The van der Waals surface area contributed by atoms with Gasteiger partial charge in [-0.2, -0.15) is 0 Å². The van der Waals surface area contributed by atoms with Crippen molar-refractivity contribution in [1.82, 2.24) is 15.2 Å². The largest absolute Gasteiger partial charge is 0.378 e. The van der Waals surface area contributed by atoms with Crippen LogP contribution in [-0.2, 0) is 20.9 Å². The predicted molar refractivity (Wildman–Crippen MR) is 103 cm³/mol. The molecule has 0 spiro atoms. The molecule has 2 fully saturated rings. The number of amides is 2. The van der Waals surface area contributed by atoms with Gasteiger partial charge in [0.25, 0.3) is 0 Å². The van der Waals surface area contributed by atoms with Gasteiger partial charge >= 0.3 is 0 Å². The number of morpholine rings is 1. The minimum absolute atomic E-state index is 0.0359. The summed E-state index contributed by atoms with van der Waals surface area (Å²) in [6, 6.07) is 3.96. The van der Waals surface area contributed by atoms with Gasteiger partial charge in [0.15, 0.2) is 0 Å². The van der Waals surface area contributed by atoms with Crippen molar-refractivity contribution >= 4 is 17.6 Å². The minimum atomic E-state index is -0.111. The summed E-state index contributed by atoms with van der Waals surface area (Å²) in [6.07, 6.45) is 4.94. The van der Waals surface area contributed by atoms with Crippen LogP contribution in [0.3, 0.4) is 0 Å². The second kappa shape index (κ2) is 9.69. The Balaban J connectivity index is 1.52. The van der Waals surface area contributed by atoms with E-state index in [9.17, 15) is 9.59 Å². The Morgan fingerprint density at radius 3 is 2.89 bits per heavy atom. The highest BCUT2D eigenvalue weighted by Crippen LogP contribution is 2.19. The first-order valence-corrected chi connectivity index (χ1v) is 10.0. The van der Waals surface area contributed by atoms with Gasteiger partial charge < -0.3 is 19.9 Å². The summed E-state index contributed by atoms with van der Waals surface area (Å²) in [5.41, 5.74) is 1.04. The topological polar surface area (TPSA) is 74.8 Å². The lowest BCUT2D eigenvalue weighted by Gasteiger charge is -2.32. The van der Waals surface area contributed by atoms with Crippen LogP contribution in [0.5, 0.6) is 0 Å². The van der Waals surface area contributed by atoms with Crippen molar-refractivity contribution in [3.63, 3.8) is 0 Å². The van der Waals surface area contributed by atoms with E-state index in [4.69, 9.17) is 4.74 Å². The third-order valence-electron chi connectivity index (χ3n) is 5.22. The average Bonchev–Trinajstić information content (AvgIpc) is 2.73. The number of pyridine rings is 1. The third kappa shape index (κ3) is 5.42. The number of nitrogens with one attached hydrogen (secondary N) is 1. The number of anilines is 1. The van der Waals surface area contributed by atoms with E-state index in [1.165, 1.54) is 0 Å². The maximum atomic E-state index is 12.6. The smallest absolute Gasteiger partial charge is 0.225 e. The molecule has 2 saturated heterocycles. The lowest BCUT2D eigenvalue weighted by Crippen LogP contribution is -2.45. The predicted octanol–water partition coefficient (Wildman–Crippen LogP) is 1.57. The van der Waals surface area contributed by atoms with Crippen LogP contribution in [0.4, 0.5) is 5.82 Å². The van der Waals surface area contributed by atoms with Gasteiger partial charge in [-0.25, -0.2) is 4.98 Å². The second-order valence-corrected chi connectivity index (χ2v) is 7.27. The molecule has 2 aliphatic heterocycles. The van der Waals surface area contributed by atoms with Gasteiger partial charge in [0.05, 0.1) is 19.1 Å². The van der Waals surface area contributed by atoms with Crippen LogP contribution < -0.4 is 10.2 Å². The summed E-state index contributed by atoms with van der Waals surface area (Å²) in [7, 11) is 0. The number of piperidine rings is 1. The molecule has 2 aliphatic rings. The average molecular weight is 374 g/mol. The van der Waals surface area contributed by atoms with Gasteiger partial charge in [-0.05, 0) is 37.0 Å². The van der Waals surface area contributed by atoms with Gasteiger partial charge in [-0.15, -0.1) is 0 Å². The highest BCUT2D eigenvalue weighted by molar-refractivity contribution is 5.81. The van der Waals surface area contributed by atoms with E-state index in [1.54, 1.807) is 6.20 Å². The fraction of sp³-hybridized carbons (Fsp3) is 0.650. The van der Waals surface area contributed by atoms with Crippen LogP contribution in [0.2, 0.25) is 0 Å². The number of ether oxygens (including phenoxy) is 1. The molecule has 0 aromatic carbocycles. The monoisotopic (exact) mass is 374 g/mol. The lowest BCUT2D eigenvalue weighted by molar-refractivity contribution is -0.135. The Kier molecular flexibility index (Phi) is 7.04. The molecule has 1 atom stereocenters. The number of hydrogen-bond acceptors (Lipinski definition) is 5. The van der Waals surface area contributed by atoms with Gasteiger partial charge in [-0.3, -0.25) is 9.59 Å². The van der Waals surface area contributed by atoms with Crippen LogP contribution in [-0.4, -0.2) is 61.1 Å². The maximum Gasteiger partial charge on any atom is 0.225 e. The van der Waals surface area contributed by atoms with E-state index < -0.39 is 0 Å². The van der Waals surface area contributed by atoms with Crippen LogP contribution in [0.15, 0.2) is 18.3 Å². The molecule has 0 radical (unpaired) electrons. The molecule has 148 valence electrons. The minimum Gasteiger partial charge on any atom is -0.378 e. The third-order valence-corrected chi connectivity index (χ3v) is 5.22. The van der Waals surface area contributed by atoms with E-state index in [0.29, 0.717) is 19.5 Å². The lowest BCUT2D eigenvalue weighted by atomic mass is 9.96. The van der Waals surface area contributed by atoms with Crippen LogP contribution in [0, 0.1) is 5.92 Å². The van der Waals surface area contributed by atoms with Crippen molar-refractivity contribution in [2.45, 2.75) is 39.2 Å². The summed E-state index contributed by atoms with van der Waals surface area (Å²) in [5.74, 6) is 1.02. The van der Waals surface area contributed by atoms with E-state index in [-0.39, 0.29) is 17.7 Å². The highest BCUT2D eigenvalue weighted by atomic mass is 16.5. The Morgan fingerprint density at radius 2 is 2.11 bits per heavy atom. The Morgan fingerprint density at radius 1 is 1.30 bits per heavy atom. The van der Waals surface area contributed by atoms with E-state index >= 15 is 0 Å². The van der Waals surface area contributed by atoms with Crippen LogP contribution in [0.25, 0.3) is 0 Å². The molecule has 1 N–H and O–H groups in total. The van der Waals surface area contributed by atoms with E-state index in [1.807, 2.05) is 24.0 Å². The van der Waals surface area contributed by atoms with Crippen molar-refractivity contribution in [2.24, 2.45) is 5.92 Å². The fourth-order valence-electron chi connectivity index (χ4n) is 3.66. The number of hydrogen-bond donors (Lipinski definition) is 1. The van der Waals surface area contributed by atoms with Crippen molar-refractivity contribution < 1.29 is 14.3 Å². The van der Waals surface area contributed by atoms with Crippen LogP contribution in [0.1, 0.15) is 38.2 Å². The SMILES string of the molecule is CCCC(=O)N1CCCC(C(=O)NCc2ccnc(N3CCOCC3)c2)C1. The summed E-state index contributed by atoms with van der Waals surface area (Å²) < 4.78 is 5.38. The number of carbonyl (C=O) groups is 2. The normalized spacial score (nSPS) is 20.4. The number of rotatable bonds is 6. The summed E-state index contributed by atoms with van der Waals surface area (Å²) in [5, 5.41) is 3.04. The van der Waals surface area contributed by atoms with Crippen molar-refractivity contribution in [2.75, 3.05) is 44.3 Å². The summed E-state index contributed by atoms with van der Waals surface area (Å²) in [6.45, 7) is 6.92. The van der Waals surface area contributed by atoms with Gasteiger partial charge in [0.1, 0.15) is 5.82 Å². The molecular formula is C20H30N4O3. The molecule has 2 amide bonds. The second-order valence-electron chi connectivity index (χ2n) is 7.27. The zero-order valence-corrected chi connectivity index (χ0v) is 16.2. The van der Waals surface area contributed by atoms with Crippen LogP contribution >= 0.6 is 0 Å². The maximum absolute atomic E-state index is 12.6. The zero-order valence-electron chi connectivity index (χ0n) is 16.2. The zero-order chi connectivity index (χ0) is 19.1. The molecular weight excluding hydrogens is 344 g/mol. The number of aromatic nitrogens is 1. The molecule has 7 heteroatoms. The van der Waals surface area contributed by atoms with E-state index in [0.717, 1.165) is 63.5 Å². The quantitative estimate of drug-likeness (QED) is 0.818. The molecule has 27 heavy (non-hydrogen) atoms. The Hall–Kier alpha value is -2.15. The van der Waals surface area contributed by atoms with Crippen molar-refractivity contribution in [3.8, 4) is 0 Å². The first kappa shape index (κ1) is 19.6. The summed E-state index contributed by atoms with van der Waals surface area (Å²) >= 11 is 0. The van der Waals surface area contributed by atoms with Crippen molar-refractivity contribution in [3.05, 3.63) is 23.9 Å². The Bertz CT molecular complexity index is 646. The summed E-state index contributed by atoms with van der Waals surface area (Å²) in [4.78, 5) is 33.2. The van der Waals surface area contributed by atoms with Gasteiger partial charge in [0.2, 0.25) is 11.8 Å². The number of carbonyl (C=O) groups excluding carboxylic acids is 2. The van der Waals surface area contributed by atoms with Crippen molar-refractivity contribution in [1.29, 1.82) is 0 Å². The van der Waals surface area contributed by atoms with Gasteiger partial charge in [-0.1, -0.05) is 6.92 Å². The molecule has 3 heterocycles. The molecule has 1 aromatic heterocycles. The molecule has 0 saturated carbocycles. The molecule has 0 bridgehead atoms. The molecule has 7 nitrogen and oxygen atoms in total. The Labute approximate surface area is 161 Å². The molecule has 1 unspecified atom stereocenters.